The van der Waals surface area contributed by atoms with E-state index in [0.29, 0.717) is 12.3 Å². The van der Waals surface area contributed by atoms with Crippen LogP contribution >= 0.6 is 12.4 Å². The molecule has 3 aromatic carbocycles. The first kappa shape index (κ1) is 25.5. The van der Waals surface area contributed by atoms with Gasteiger partial charge in [0.15, 0.2) is 0 Å². The maximum absolute atomic E-state index is 9.89. The van der Waals surface area contributed by atoms with Crippen molar-refractivity contribution in [2.75, 3.05) is 19.7 Å². The van der Waals surface area contributed by atoms with Gasteiger partial charge in [-0.2, -0.15) is 0 Å². The highest BCUT2D eigenvalue weighted by Crippen LogP contribution is 2.38. The van der Waals surface area contributed by atoms with Gasteiger partial charge < -0.3 is 15.1 Å². The molecule has 0 unspecified atom stereocenters. The summed E-state index contributed by atoms with van der Waals surface area (Å²) in [7, 11) is 0. The van der Waals surface area contributed by atoms with Gasteiger partial charge in [0.2, 0.25) is 0 Å². The van der Waals surface area contributed by atoms with Gasteiger partial charge in [-0.1, -0.05) is 66.7 Å². The summed E-state index contributed by atoms with van der Waals surface area (Å²) in [4.78, 5) is 2.68. The standard InChI is InChI=1S/C31H35NO2.ClH/c33-22-4-7-30(25-5-2-1-3-6-25)31(27-12-16-29(34)17-13-27)26-10-8-23(9-11-26)24-18-20-32(21-19-24)28-14-15-28;/h1-3,5-6,8-13,16-17,24,28,33-34H,4,7,14-15,18-22H2;1H/b31-30+;. The Balaban J connectivity index is 0.00000289. The number of phenols is 1. The molecule has 1 heterocycles. The van der Waals surface area contributed by atoms with E-state index in [-0.39, 0.29) is 24.8 Å². The number of aliphatic hydroxyl groups excluding tert-OH is 1. The third kappa shape index (κ3) is 6.16. The lowest BCUT2D eigenvalue weighted by atomic mass is 9.85. The minimum absolute atomic E-state index is 0. The fourth-order valence-corrected chi connectivity index (χ4v) is 5.41. The molecule has 0 radical (unpaired) electrons. The summed E-state index contributed by atoms with van der Waals surface area (Å²) in [6, 6.07) is 28.0. The second-order valence-corrected chi connectivity index (χ2v) is 9.76. The average molecular weight is 490 g/mol. The molecule has 2 aliphatic rings. The van der Waals surface area contributed by atoms with Gasteiger partial charge in [0.1, 0.15) is 5.75 Å². The molecule has 4 heteroatoms. The molecule has 0 amide bonds. The first-order valence-corrected chi connectivity index (χ1v) is 12.8. The number of likely N-dealkylation sites (tertiary alicyclic amines) is 1. The third-order valence-electron chi connectivity index (χ3n) is 7.43. The predicted octanol–water partition coefficient (Wildman–Crippen LogP) is 6.89. The molecular weight excluding hydrogens is 454 g/mol. The number of aliphatic hydroxyl groups is 1. The maximum Gasteiger partial charge on any atom is 0.115 e. The molecule has 3 nitrogen and oxygen atoms in total. The SMILES string of the molecule is Cl.OCCC/C(=C(\c1ccc(O)cc1)c1ccc(C2CCN(C3CC3)CC2)cc1)c1ccccc1. The largest absolute Gasteiger partial charge is 0.508 e. The van der Waals surface area contributed by atoms with Gasteiger partial charge in [0.25, 0.3) is 0 Å². The number of halogens is 1. The van der Waals surface area contributed by atoms with Crippen molar-refractivity contribution in [1.82, 2.24) is 4.90 Å². The molecule has 1 saturated heterocycles. The molecule has 1 aliphatic heterocycles. The molecule has 0 bridgehead atoms. The van der Waals surface area contributed by atoms with Gasteiger partial charge in [0, 0.05) is 12.6 Å². The van der Waals surface area contributed by atoms with Crippen molar-refractivity contribution in [3.05, 3.63) is 101 Å². The number of aromatic hydroxyl groups is 1. The van der Waals surface area contributed by atoms with Gasteiger partial charge >= 0.3 is 0 Å². The first-order chi connectivity index (χ1) is 16.7. The van der Waals surface area contributed by atoms with E-state index in [4.69, 9.17) is 0 Å². The van der Waals surface area contributed by atoms with E-state index in [1.807, 2.05) is 18.2 Å². The fourth-order valence-electron chi connectivity index (χ4n) is 5.41. The smallest absolute Gasteiger partial charge is 0.115 e. The Labute approximate surface area is 215 Å². The Morgan fingerprint density at radius 2 is 1.34 bits per heavy atom. The fraction of sp³-hybridized carbons (Fsp3) is 0.355. The molecule has 2 N–H and O–H groups in total. The van der Waals surface area contributed by atoms with Crippen LogP contribution in [0.1, 0.15) is 66.7 Å². The summed E-state index contributed by atoms with van der Waals surface area (Å²) in [5.41, 5.74) is 7.29. The lowest BCUT2D eigenvalue weighted by Crippen LogP contribution is -2.34. The molecule has 2 fully saturated rings. The van der Waals surface area contributed by atoms with Crippen LogP contribution in [0.5, 0.6) is 5.75 Å². The minimum atomic E-state index is 0. The zero-order chi connectivity index (χ0) is 23.3. The quantitative estimate of drug-likeness (QED) is 0.339. The topological polar surface area (TPSA) is 43.7 Å². The van der Waals surface area contributed by atoms with E-state index in [1.165, 1.54) is 66.6 Å². The maximum atomic E-state index is 9.89. The van der Waals surface area contributed by atoms with E-state index in [2.05, 4.69) is 53.4 Å². The number of rotatable bonds is 8. The zero-order valence-corrected chi connectivity index (χ0v) is 21.1. The van der Waals surface area contributed by atoms with Gasteiger partial charge in [-0.3, -0.25) is 0 Å². The van der Waals surface area contributed by atoms with Crippen molar-refractivity contribution >= 4 is 23.6 Å². The monoisotopic (exact) mass is 489 g/mol. The summed E-state index contributed by atoms with van der Waals surface area (Å²) in [6.07, 6.45) is 6.80. The molecule has 184 valence electrons. The minimum Gasteiger partial charge on any atom is -0.508 e. The summed E-state index contributed by atoms with van der Waals surface area (Å²) < 4.78 is 0. The highest BCUT2D eigenvalue weighted by Gasteiger charge is 2.32. The molecule has 0 aromatic heterocycles. The Hall–Kier alpha value is -2.59. The van der Waals surface area contributed by atoms with Crippen LogP contribution in [0.4, 0.5) is 0 Å². The van der Waals surface area contributed by atoms with E-state index in [9.17, 15) is 10.2 Å². The van der Waals surface area contributed by atoms with Crippen LogP contribution in [0.3, 0.4) is 0 Å². The van der Waals surface area contributed by atoms with E-state index < -0.39 is 0 Å². The van der Waals surface area contributed by atoms with Crippen LogP contribution in [0, 0.1) is 0 Å². The van der Waals surface area contributed by atoms with Crippen LogP contribution in [0.2, 0.25) is 0 Å². The Morgan fingerprint density at radius 1 is 0.743 bits per heavy atom. The molecule has 0 atom stereocenters. The van der Waals surface area contributed by atoms with Crippen LogP contribution in [0.25, 0.3) is 11.1 Å². The second kappa shape index (κ2) is 11.9. The molecule has 1 saturated carbocycles. The van der Waals surface area contributed by atoms with Crippen molar-refractivity contribution in [3.8, 4) is 5.75 Å². The predicted molar refractivity (Wildman–Crippen MR) is 147 cm³/mol. The van der Waals surface area contributed by atoms with Crippen LogP contribution in [0.15, 0.2) is 78.9 Å². The van der Waals surface area contributed by atoms with Gasteiger partial charge in [-0.15, -0.1) is 12.4 Å². The van der Waals surface area contributed by atoms with Crippen molar-refractivity contribution in [3.63, 3.8) is 0 Å². The first-order valence-electron chi connectivity index (χ1n) is 12.8. The van der Waals surface area contributed by atoms with E-state index in [1.54, 1.807) is 12.1 Å². The van der Waals surface area contributed by atoms with E-state index in [0.717, 1.165) is 18.0 Å². The number of allylic oxidation sites excluding steroid dienone is 1. The molecule has 1 aliphatic carbocycles. The summed E-state index contributed by atoms with van der Waals surface area (Å²) >= 11 is 0. The zero-order valence-electron chi connectivity index (χ0n) is 20.3. The number of nitrogens with zero attached hydrogens (tertiary/aromatic N) is 1. The average Bonchev–Trinajstić information content (AvgIpc) is 3.74. The normalized spacial score (nSPS) is 17.5. The van der Waals surface area contributed by atoms with Crippen LogP contribution < -0.4 is 0 Å². The number of phenolic OH excluding ortho intramolecular Hbond substituents is 1. The molecule has 3 aromatic rings. The molecule has 5 rings (SSSR count). The summed E-state index contributed by atoms with van der Waals surface area (Å²) in [5, 5.41) is 19.5. The Morgan fingerprint density at radius 3 is 1.91 bits per heavy atom. The second-order valence-electron chi connectivity index (χ2n) is 9.76. The number of hydrogen-bond acceptors (Lipinski definition) is 3. The summed E-state index contributed by atoms with van der Waals surface area (Å²) in [6.45, 7) is 2.63. The van der Waals surface area contributed by atoms with Crippen LogP contribution in [-0.4, -0.2) is 40.9 Å². The lowest BCUT2D eigenvalue weighted by Gasteiger charge is -2.32. The van der Waals surface area contributed by atoms with Crippen molar-refractivity contribution in [2.45, 2.75) is 50.5 Å². The highest BCUT2D eigenvalue weighted by atomic mass is 35.5. The van der Waals surface area contributed by atoms with Gasteiger partial charge in [0.05, 0.1) is 0 Å². The lowest BCUT2D eigenvalue weighted by molar-refractivity contribution is 0.203. The van der Waals surface area contributed by atoms with Crippen molar-refractivity contribution < 1.29 is 10.2 Å². The molecule has 0 spiro atoms. The van der Waals surface area contributed by atoms with Gasteiger partial charge in [-0.25, -0.2) is 0 Å². The van der Waals surface area contributed by atoms with Gasteiger partial charge in [-0.05, 0) is 103 Å². The number of benzene rings is 3. The number of piperidine rings is 1. The Kier molecular flexibility index (Phi) is 8.67. The number of hydrogen-bond donors (Lipinski definition) is 2. The highest BCUT2D eigenvalue weighted by molar-refractivity contribution is 5.98. The Bertz CT molecular complexity index is 1100. The molecule has 35 heavy (non-hydrogen) atoms. The summed E-state index contributed by atoms with van der Waals surface area (Å²) in [5.74, 6) is 0.917. The van der Waals surface area contributed by atoms with Crippen molar-refractivity contribution in [1.29, 1.82) is 0 Å². The van der Waals surface area contributed by atoms with Crippen molar-refractivity contribution in [2.24, 2.45) is 0 Å². The molecular formula is C31H36ClNO2. The third-order valence-corrected chi connectivity index (χ3v) is 7.43. The van der Waals surface area contributed by atoms with E-state index >= 15 is 0 Å². The van der Waals surface area contributed by atoms with Crippen LogP contribution in [-0.2, 0) is 0 Å².